The fourth-order valence-corrected chi connectivity index (χ4v) is 2.97. The maximum absolute atomic E-state index is 8.51. The summed E-state index contributed by atoms with van der Waals surface area (Å²) in [6.45, 7) is 3.88. The van der Waals surface area contributed by atoms with Gasteiger partial charge in [-0.3, -0.25) is 0 Å². The van der Waals surface area contributed by atoms with Crippen LogP contribution in [0.1, 0.15) is 51.0 Å². The molecule has 0 heterocycles. The monoisotopic (exact) mass is 286 g/mol. The molecule has 0 bridgehead atoms. The predicted octanol–water partition coefficient (Wildman–Crippen LogP) is 4.04. The molecule has 21 heavy (non-hydrogen) atoms. The molecule has 1 fully saturated rings. The van der Waals surface area contributed by atoms with Crippen LogP contribution in [0.25, 0.3) is 0 Å². The first-order valence-corrected chi connectivity index (χ1v) is 8.10. The minimum Gasteiger partial charge on any atom is -0.494 e. The van der Waals surface area contributed by atoms with Gasteiger partial charge in [-0.15, -0.1) is 0 Å². The minimum absolute atomic E-state index is 0.557. The van der Waals surface area contributed by atoms with Crippen LogP contribution in [0.5, 0.6) is 5.75 Å². The van der Waals surface area contributed by atoms with Crippen LogP contribution >= 0.6 is 0 Å². The van der Waals surface area contributed by atoms with Crippen LogP contribution in [0.15, 0.2) is 24.3 Å². The third kappa shape index (κ3) is 5.77. The molecule has 114 valence electrons. The Labute approximate surface area is 128 Å². The number of hydrogen-bond donors (Lipinski definition) is 1. The number of hydrogen-bond acceptors (Lipinski definition) is 3. The minimum atomic E-state index is 0.557. The molecule has 1 N–H and O–H groups in total. The standard InChI is InChI=1S/C18H26N2O/c1-15-6-4-8-17(12-15)20-14-16-7-5-9-18(13-16)21-11-3-2-10-19/h5,7,9,13,15,17,20H,2-4,6,8,11-12,14H2,1H3. The van der Waals surface area contributed by atoms with E-state index in [1.165, 1.54) is 31.2 Å². The van der Waals surface area contributed by atoms with E-state index in [-0.39, 0.29) is 0 Å². The zero-order chi connectivity index (χ0) is 14.9. The molecule has 0 spiro atoms. The molecule has 3 nitrogen and oxygen atoms in total. The SMILES string of the molecule is CC1CCCC(NCc2cccc(OCCCC#N)c2)C1. The lowest BCUT2D eigenvalue weighted by Crippen LogP contribution is -2.33. The van der Waals surface area contributed by atoms with Crippen LogP contribution in [-0.4, -0.2) is 12.6 Å². The van der Waals surface area contributed by atoms with E-state index in [9.17, 15) is 0 Å². The average Bonchev–Trinajstić information content (AvgIpc) is 2.50. The number of nitrogens with one attached hydrogen (secondary N) is 1. The number of benzene rings is 1. The van der Waals surface area contributed by atoms with Gasteiger partial charge in [-0.1, -0.05) is 31.9 Å². The van der Waals surface area contributed by atoms with Gasteiger partial charge in [-0.05, 0) is 42.9 Å². The lowest BCUT2D eigenvalue weighted by Gasteiger charge is -2.27. The number of rotatable bonds is 7. The zero-order valence-electron chi connectivity index (χ0n) is 13.0. The van der Waals surface area contributed by atoms with E-state index in [0.717, 1.165) is 24.6 Å². The highest BCUT2D eigenvalue weighted by molar-refractivity contribution is 5.28. The Bertz CT molecular complexity index is 467. The summed E-state index contributed by atoms with van der Waals surface area (Å²) in [5, 5.41) is 12.2. The highest BCUT2D eigenvalue weighted by Crippen LogP contribution is 2.24. The van der Waals surface area contributed by atoms with Crippen LogP contribution in [0.2, 0.25) is 0 Å². The molecule has 0 saturated heterocycles. The second-order valence-corrected chi connectivity index (χ2v) is 6.11. The van der Waals surface area contributed by atoms with Gasteiger partial charge in [-0.25, -0.2) is 0 Å². The summed E-state index contributed by atoms with van der Waals surface area (Å²) in [4.78, 5) is 0. The van der Waals surface area contributed by atoms with Crippen LogP contribution in [0.3, 0.4) is 0 Å². The first kappa shape index (κ1) is 15.9. The maximum atomic E-state index is 8.51. The molecular weight excluding hydrogens is 260 g/mol. The van der Waals surface area contributed by atoms with Crippen LogP contribution in [0.4, 0.5) is 0 Å². The summed E-state index contributed by atoms with van der Waals surface area (Å²) in [7, 11) is 0. The molecule has 0 aliphatic heterocycles. The van der Waals surface area contributed by atoms with Crippen molar-refractivity contribution in [2.24, 2.45) is 5.92 Å². The van der Waals surface area contributed by atoms with Gasteiger partial charge in [0.15, 0.2) is 0 Å². The summed E-state index contributed by atoms with van der Waals surface area (Å²) in [5.41, 5.74) is 1.27. The quantitative estimate of drug-likeness (QED) is 0.769. The van der Waals surface area contributed by atoms with E-state index >= 15 is 0 Å². The lowest BCUT2D eigenvalue weighted by molar-refractivity contribution is 0.299. The largest absolute Gasteiger partial charge is 0.494 e. The normalized spacial score (nSPS) is 21.7. The summed E-state index contributed by atoms with van der Waals surface area (Å²) >= 11 is 0. The Morgan fingerprint density at radius 1 is 1.38 bits per heavy atom. The molecule has 2 rings (SSSR count). The molecule has 3 heteroatoms. The Morgan fingerprint density at radius 3 is 3.10 bits per heavy atom. The molecule has 2 unspecified atom stereocenters. The smallest absolute Gasteiger partial charge is 0.119 e. The highest BCUT2D eigenvalue weighted by atomic mass is 16.5. The fraction of sp³-hybridized carbons (Fsp3) is 0.611. The van der Waals surface area contributed by atoms with Gasteiger partial charge >= 0.3 is 0 Å². The molecule has 2 atom stereocenters. The molecule has 0 aromatic heterocycles. The van der Waals surface area contributed by atoms with Crippen molar-refractivity contribution >= 4 is 0 Å². The molecule has 1 aromatic rings. The van der Waals surface area contributed by atoms with Crippen molar-refractivity contribution in [1.29, 1.82) is 5.26 Å². The molecule has 1 saturated carbocycles. The van der Waals surface area contributed by atoms with Gasteiger partial charge in [0.05, 0.1) is 12.7 Å². The first-order chi connectivity index (χ1) is 10.3. The van der Waals surface area contributed by atoms with E-state index < -0.39 is 0 Å². The third-order valence-corrected chi connectivity index (χ3v) is 4.13. The zero-order valence-corrected chi connectivity index (χ0v) is 13.0. The van der Waals surface area contributed by atoms with Crippen molar-refractivity contribution < 1.29 is 4.74 Å². The van der Waals surface area contributed by atoms with Crippen molar-refractivity contribution in [3.8, 4) is 11.8 Å². The Kier molecular flexibility index (Phi) is 6.56. The van der Waals surface area contributed by atoms with E-state index in [1.807, 2.05) is 12.1 Å². The summed E-state index contributed by atoms with van der Waals surface area (Å²) in [6.07, 6.45) is 6.67. The maximum Gasteiger partial charge on any atom is 0.119 e. The topological polar surface area (TPSA) is 45.0 Å². The fourth-order valence-electron chi connectivity index (χ4n) is 2.97. The van der Waals surface area contributed by atoms with Gasteiger partial charge in [0.2, 0.25) is 0 Å². The van der Waals surface area contributed by atoms with Gasteiger partial charge < -0.3 is 10.1 Å². The number of nitrogens with zero attached hydrogens (tertiary/aromatic N) is 1. The highest BCUT2D eigenvalue weighted by Gasteiger charge is 2.17. The molecule has 0 amide bonds. The second kappa shape index (κ2) is 8.69. The van der Waals surface area contributed by atoms with E-state index in [4.69, 9.17) is 10.00 Å². The summed E-state index contributed by atoms with van der Waals surface area (Å²) < 4.78 is 5.68. The van der Waals surface area contributed by atoms with Crippen molar-refractivity contribution in [1.82, 2.24) is 5.32 Å². The number of nitriles is 1. The van der Waals surface area contributed by atoms with Crippen molar-refractivity contribution in [3.05, 3.63) is 29.8 Å². The Morgan fingerprint density at radius 2 is 2.29 bits per heavy atom. The molecule has 1 aliphatic carbocycles. The van der Waals surface area contributed by atoms with Gasteiger partial charge in [0.25, 0.3) is 0 Å². The van der Waals surface area contributed by atoms with Crippen LogP contribution < -0.4 is 10.1 Å². The lowest BCUT2D eigenvalue weighted by atomic mass is 9.87. The van der Waals surface area contributed by atoms with Crippen molar-refractivity contribution in [2.75, 3.05) is 6.61 Å². The molecule has 1 aliphatic rings. The van der Waals surface area contributed by atoms with Crippen molar-refractivity contribution in [3.63, 3.8) is 0 Å². The number of unbranched alkanes of at least 4 members (excludes halogenated alkanes) is 1. The van der Waals surface area contributed by atoms with E-state index in [2.05, 4.69) is 30.4 Å². The molecule has 1 aromatic carbocycles. The second-order valence-electron chi connectivity index (χ2n) is 6.11. The van der Waals surface area contributed by atoms with Gasteiger partial charge in [-0.2, -0.15) is 5.26 Å². The van der Waals surface area contributed by atoms with Gasteiger partial charge in [0.1, 0.15) is 5.75 Å². The Balaban J connectivity index is 1.76. The van der Waals surface area contributed by atoms with Crippen LogP contribution in [-0.2, 0) is 6.54 Å². The Hall–Kier alpha value is -1.53. The molecule has 0 radical (unpaired) electrons. The molecular formula is C18H26N2O. The first-order valence-electron chi connectivity index (χ1n) is 8.10. The van der Waals surface area contributed by atoms with E-state index in [1.54, 1.807) is 0 Å². The predicted molar refractivity (Wildman–Crippen MR) is 85.0 cm³/mol. The van der Waals surface area contributed by atoms with E-state index in [0.29, 0.717) is 19.1 Å². The number of ether oxygens (including phenoxy) is 1. The van der Waals surface area contributed by atoms with Crippen molar-refractivity contribution in [2.45, 2.75) is 58.0 Å². The van der Waals surface area contributed by atoms with Crippen LogP contribution in [0, 0.1) is 17.2 Å². The summed E-state index contributed by atoms with van der Waals surface area (Å²) in [6, 6.07) is 11.1. The average molecular weight is 286 g/mol. The van der Waals surface area contributed by atoms with Gasteiger partial charge in [0, 0.05) is 19.0 Å². The third-order valence-electron chi connectivity index (χ3n) is 4.13. The summed E-state index contributed by atoms with van der Waals surface area (Å²) in [5.74, 6) is 1.76.